The first kappa shape index (κ1) is 16.6. The molecule has 1 aliphatic rings. The van der Waals surface area contributed by atoms with Crippen LogP contribution in [0.4, 0.5) is 5.69 Å². The van der Waals surface area contributed by atoms with Gasteiger partial charge in [-0.05, 0) is 38.4 Å². The van der Waals surface area contributed by atoms with Crippen LogP contribution in [0.25, 0.3) is 11.5 Å². The van der Waals surface area contributed by atoms with Crippen LogP contribution in [0, 0.1) is 10.1 Å². The molecule has 1 saturated heterocycles. The Morgan fingerprint density at radius 3 is 2.83 bits per heavy atom. The van der Waals surface area contributed by atoms with E-state index in [0.29, 0.717) is 18.0 Å². The largest absolute Gasteiger partial charge is 0.444 e. The van der Waals surface area contributed by atoms with Crippen LogP contribution in [-0.4, -0.2) is 38.6 Å². The van der Waals surface area contributed by atoms with E-state index in [1.807, 2.05) is 6.92 Å². The lowest BCUT2D eigenvalue weighted by atomic mass is 9.98. The summed E-state index contributed by atoms with van der Waals surface area (Å²) in [6.07, 6.45) is 4.50. The predicted octanol–water partition coefficient (Wildman–Crippen LogP) is 2.99. The van der Waals surface area contributed by atoms with E-state index < -0.39 is 4.92 Å². The normalized spacial score (nSPS) is 20.0. The van der Waals surface area contributed by atoms with E-state index in [1.165, 1.54) is 12.1 Å². The highest BCUT2D eigenvalue weighted by molar-refractivity contribution is 5.55. The average Bonchev–Trinajstić information content (AvgIpc) is 3.04. The number of aliphatic hydroxyl groups excluding tert-OH is 1. The molecule has 1 aliphatic heterocycles. The van der Waals surface area contributed by atoms with Crippen molar-refractivity contribution in [2.45, 2.75) is 44.9 Å². The highest BCUT2D eigenvalue weighted by Gasteiger charge is 2.27. The van der Waals surface area contributed by atoms with Crippen LogP contribution in [0.15, 0.2) is 34.9 Å². The number of nitro groups is 1. The molecule has 2 heterocycles. The number of piperidine rings is 1. The van der Waals surface area contributed by atoms with E-state index >= 15 is 0 Å². The van der Waals surface area contributed by atoms with E-state index in [2.05, 4.69) is 9.88 Å². The van der Waals surface area contributed by atoms with Gasteiger partial charge in [-0.3, -0.25) is 15.0 Å². The fourth-order valence-electron chi connectivity index (χ4n) is 3.21. The van der Waals surface area contributed by atoms with Gasteiger partial charge in [0, 0.05) is 30.3 Å². The number of non-ortho nitro benzene ring substituents is 1. The number of hydrogen-bond donors (Lipinski definition) is 1. The molecule has 128 valence electrons. The van der Waals surface area contributed by atoms with Crippen LogP contribution in [0.1, 0.15) is 31.9 Å². The summed E-state index contributed by atoms with van der Waals surface area (Å²) in [5.74, 6) is 0.450. The first-order chi connectivity index (χ1) is 11.5. The summed E-state index contributed by atoms with van der Waals surface area (Å²) >= 11 is 0. The van der Waals surface area contributed by atoms with Crippen LogP contribution in [0.2, 0.25) is 0 Å². The molecule has 7 nitrogen and oxygen atoms in total. The monoisotopic (exact) mass is 331 g/mol. The summed E-state index contributed by atoms with van der Waals surface area (Å²) in [7, 11) is 0. The summed E-state index contributed by atoms with van der Waals surface area (Å²) < 4.78 is 5.52. The third-order valence-corrected chi connectivity index (χ3v) is 4.46. The number of likely N-dealkylation sites (tertiary alicyclic amines) is 1. The molecule has 2 atom stereocenters. The molecule has 0 bridgehead atoms. The second-order valence-electron chi connectivity index (χ2n) is 6.22. The molecule has 3 rings (SSSR count). The van der Waals surface area contributed by atoms with Crippen molar-refractivity contribution in [2.24, 2.45) is 0 Å². The van der Waals surface area contributed by atoms with Crippen molar-refractivity contribution in [3.8, 4) is 11.5 Å². The van der Waals surface area contributed by atoms with Crippen LogP contribution >= 0.6 is 0 Å². The number of aliphatic hydroxyl groups is 1. The fourth-order valence-corrected chi connectivity index (χ4v) is 3.21. The minimum atomic E-state index is -0.433. The smallest absolute Gasteiger partial charge is 0.269 e. The summed E-state index contributed by atoms with van der Waals surface area (Å²) in [6, 6.07) is 6.29. The van der Waals surface area contributed by atoms with Gasteiger partial charge in [0.1, 0.15) is 6.26 Å². The van der Waals surface area contributed by atoms with Gasteiger partial charge in [0.2, 0.25) is 5.89 Å². The maximum atomic E-state index is 10.7. The van der Waals surface area contributed by atoms with Gasteiger partial charge in [0.15, 0.2) is 0 Å². The minimum Gasteiger partial charge on any atom is -0.444 e. The lowest BCUT2D eigenvalue weighted by Gasteiger charge is -2.36. The zero-order valence-electron chi connectivity index (χ0n) is 13.6. The van der Waals surface area contributed by atoms with Crippen molar-refractivity contribution in [1.29, 1.82) is 0 Å². The fraction of sp³-hybridized carbons (Fsp3) is 0.471. The van der Waals surface area contributed by atoms with Gasteiger partial charge in [-0.25, -0.2) is 4.98 Å². The van der Waals surface area contributed by atoms with Crippen LogP contribution < -0.4 is 0 Å². The van der Waals surface area contributed by atoms with Crippen molar-refractivity contribution in [1.82, 2.24) is 9.88 Å². The van der Waals surface area contributed by atoms with E-state index in [9.17, 15) is 15.2 Å². The van der Waals surface area contributed by atoms with Gasteiger partial charge < -0.3 is 9.52 Å². The van der Waals surface area contributed by atoms with Crippen LogP contribution in [0.3, 0.4) is 0 Å². The zero-order chi connectivity index (χ0) is 17.1. The molecule has 0 radical (unpaired) electrons. The maximum Gasteiger partial charge on any atom is 0.269 e. The quantitative estimate of drug-likeness (QED) is 0.669. The molecule has 2 unspecified atom stereocenters. The summed E-state index contributed by atoms with van der Waals surface area (Å²) in [5, 5.41) is 20.6. The number of nitro benzene ring substituents is 1. The van der Waals surface area contributed by atoms with Crippen LogP contribution in [-0.2, 0) is 6.54 Å². The van der Waals surface area contributed by atoms with Gasteiger partial charge in [-0.15, -0.1) is 0 Å². The molecule has 1 N–H and O–H groups in total. The molecule has 0 amide bonds. The second-order valence-corrected chi connectivity index (χ2v) is 6.22. The Morgan fingerprint density at radius 1 is 1.42 bits per heavy atom. The molecule has 0 saturated carbocycles. The Kier molecular flexibility index (Phi) is 4.92. The lowest BCUT2D eigenvalue weighted by Crippen LogP contribution is -2.45. The van der Waals surface area contributed by atoms with E-state index in [-0.39, 0.29) is 17.8 Å². The number of nitrogens with zero attached hydrogens (tertiary/aromatic N) is 3. The summed E-state index contributed by atoms with van der Waals surface area (Å²) in [5.41, 5.74) is 1.55. The number of benzene rings is 1. The van der Waals surface area contributed by atoms with Gasteiger partial charge in [-0.2, -0.15) is 0 Å². The standard InChI is InChI=1S/C17H21N3O4/c1-12(21)16-4-2-3-9-19(16)10-14-11-24-17(18-14)13-5-7-15(8-6-13)20(22)23/h5-8,11-12,16,21H,2-4,9-10H2,1H3. The summed E-state index contributed by atoms with van der Waals surface area (Å²) in [4.78, 5) is 17.0. The topological polar surface area (TPSA) is 92.6 Å². The predicted molar refractivity (Wildman–Crippen MR) is 88.3 cm³/mol. The Balaban J connectivity index is 1.72. The molecule has 2 aromatic rings. The van der Waals surface area contributed by atoms with Crippen molar-refractivity contribution in [3.05, 3.63) is 46.3 Å². The lowest BCUT2D eigenvalue weighted by molar-refractivity contribution is -0.384. The van der Waals surface area contributed by atoms with Crippen molar-refractivity contribution in [3.63, 3.8) is 0 Å². The molecule has 1 aromatic carbocycles. The molecular weight excluding hydrogens is 310 g/mol. The highest BCUT2D eigenvalue weighted by Crippen LogP contribution is 2.25. The van der Waals surface area contributed by atoms with Gasteiger partial charge in [0.05, 0.1) is 16.7 Å². The Hall–Kier alpha value is -2.25. The number of rotatable bonds is 5. The third kappa shape index (κ3) is 3.63. The average molecular weight is 331 g/mol. The van der Waals surface area contributed by atoms with Crippen molar-refractivity contribution >= 4 is 5.69 Å². The molecule has 1 aromatic heterocycles. The summed E-state index contributed by atoms with van der Waals surface area (Å²) in [6.45, 7) is 3.40. The SMILES string of the molecule is CC(O)C1CCCCN1Cc1coc(-c2ccc([N+](=O)[O-])cc2)n1. The van der Waals surface area contributed by atoms with Gasteiger partial charge in [0.25, 0.3) is 5.69 Å². The molecular formula is C17H21N3O4. The molecule has 0 aliphatic carbocycles. The first-order valence-corrected chi connectivity index (χ1v) is 8.16. The van der Waals surface area contributed by atoms with Crippen molar-refractivity contribution < 1.29 is 14.4 Å². The van der Waals surface area contributed by atoms with Gasteiger partial charge in [-0.1, -0.05) is 6.42 Å². The highest BCUT2D eigenvalue weighted by atomic mass is 16.6. The Morgan fingerprint density at radius 2 is 2.17 bits per heavy atom. The number of hydrogen-bond acceptors (Lipinski definition) is 6. The zero-order valence-corrected chi connectivity index (χ0v) is 13.6. The van der Waals surface area contributed by atoms with Gasteiger partial charge >= 0.3 is 0 Å². The Labute approximate surface area is 140 Å². The van der Waals surface area contributed by atoms with E-state index in [4.69, 9.17) is 4.42 Å². The molecule has 0 spiro atoms. The first-order valence-electron chi connectivity index (χ1n) is 8.16. The maximum absolute atomic E-state index is 10.7. The number of oxazole rings is 1. The minimum absolute atomic E-state index is 0.0404. The Bertz CT molecular complexity index is 696. The second kappa shape index (κ2) is 7.11. The molecule has 7 heteroatoms. The molecule has 1 fully saturated rings. The van der Waals surface area contributed by atoms with Crippen LogP contribution in [0.5, 0.6) is 0 Å². The van der Waals surface area contributed by atoms with E-state index in [0.717, 1.165) is 31.5 Å². The van der Waals surface area contributed by atoms with Crippen molar-refractivity contribution in [2.75, 3.05) is 6.54 Å². The molecule has 24 heavy (non-hydrogen) atoms. The third-order valence-electron chi connectivity index (χ3n) is 4.46. The van der Waals surface area contributed by atoms with E-state index in [1.54, 1.807) is 18.4 Å². The number of aromatic nitrogens is 1.